The fourth-order valence-electron chi connectivity index (χ4n) is 3.55. The second kappa shape index (κ2) is 5.00. The van der Waals surface area contributed by atoms with E-state index in [0.29, 0.717) is 12.8 Å². The van der Waals surface area contributed by atoms with Gasteiger partial charge in [0.1, 0.15) is 0 Å². The Kier molecular flexibility index (Phi) is 3.93. The number of hydrogen-bond donors (Lipinski definition) is 0. The lowest BCUT2D eigenvalue weighted by Gasteiger charge is -2.48. The van der Waals surface area contributed by atoms with Crippen molar-refractivity contribution < 1.29 is 13.2 Å². The van der Waals surface area contributed by atoms with Gasteiger partial charge in [-0.3, -0.25) is 0 Å². The van der Waals surface area contributed by atoms with Crippen LogP contribution in [0.25, 0.3) is 0 Å². The number of piperidine rings is 1. The summed E-state index contributed by atoms with van der Waals surface area (Å²) in [6.07, 6.45) is 0.259. The van der Waals surface area contributed by atoms with Gasteiger partial charge in [0.2, 0.25) is 0 Å². The van der Waals surface area contributed by atoms with Crippen LogP contribution in [-0.2, 0) is 0 Å². The molecule has 0 aromatic heterocycles. The Balaban J connectivity index is 1.97. The first-order chi connectivity index (χ1) is 8.32. The van der Waals surface area contributed by atoms with Crippen molar-refractivity contribution in [2.75, 3.05) is 27.2 Å². The zero-order chi connectivity index (χ0) is 13.4. The summed E-state index contributed by atoms with van der Waals surface area (Å²) in [6.45, 7) is 1.80. The Morgan fingerprint density at radius 3 is 2.22 bits per heavy atom. The quantitative estimate of drug-likeness (QED) is 0.717. The summed E-state index contributed by atoms with van der Waals surface area (Å²) in [5.41, 5.74) is -0.0368. The van der Waals surface area contributed by atoms with E-state index in [1.54, 1.807) is 0 Å². The molecule has 2 fully saturated rings. The molecule has 1 spiro atoms. The van der Waals surface area contributed by atoms with Gasteiger partial charge in [0.05, 0.1) is 5.92 Å². The van der Waals surface area contributed by atoms with Crippen LogP contribution in [-0.4, -0.2) is 43.4 Å². The van der Waals surface area contributed by atoms with Crippen molar-refractivity contribution in [2.24, 2.45) is 11.3 Å². The molecule has 0 unspecified atom stereocenters. The first-order valence-electron chi connectivity index (χ1n) is 6.81. The molecule has 0 radical (unpaired) electrons. The van der Waals surface area contributed by atoms with Crippen molar-refractivity contribution in [3.05, 3.63) is 0 Å². The highest BCUT2D eigenvalue weighted by molar-refractivity contribution is 4.92. The predicted molar refractivity (Wildman–Crippen MR) is 64.9 cm³/mol. The summed E-state index contributed by atoms with van der Waals surface area (Å²) in [7, 11) is 3.99. The maximum Gasteiger partial charge on any atom is 0.391 e. The van der Waals surface area contributed by atoms with Crippen molar-refractivity contribution in [2.45, 2.75) is 44.7 Å². The minimum Gasteiger partial charge on any atom is -0.248 e. The zero-order valence-electron chi connectivity index (χ0n) is 11.3. The highest BCUT2D eigenvalue weighted by Gasteiger charge is 2.48. The molecule has 1 saturated heterocycles. The van der Waals surface area contributed by atoms with Crippen LogP contribution >= 0.6 is 0 Å². The molecule has 0 aromatic carbocycles. The van der Waals surface area contributed by atoms with Crippen LogP contribution < -0.4 is 0 Å². The Bertz CT molecular complexity index is 280. The highest BCUT2D eigenvalue weighted by atomic mass is 19.4. The monoisotopic (exact) mass is 264 g/mol. The summed E-state index contributed by atoms with van der Waals surface area (Å²) in [4.78, 5) is 0. The van der Waals surface area contributed by atoms with E-state index in [0.717, 1.165) is 38.8 Å². The Hall–Kier alpha value is -0.290. The van der Waals surface area contributed by atoms with E-state index >= 15 is 0 Å². The molecule has 0 aromatic rings. The van der Waals surface area contributed by atoms with Crippen LogP contribution in [0.5, 0.6) is 0 Å². The molecule has 106 valence electrons. The summed E-state index contributed by atoms with van der Waals surface area (Å²) in [5.74, 6) is -1.06. The average molecular weight is 264 g/mol. The van der Waals surface area contributed by atoms with E-state index in [9.17, 15) is 13.2 Å². The van der Waals surface area contributed by atoms with Crippen LogP contribution in [0.4, 0.5) is 13.2 Å². The first kappa shape index (κ1) is 14.1. The standard InChI is InChI=1S/C13H23F3N2/c1-17(2)18-8-6-12(7-9-18)5-3-4-11(10-12)13(14,15)16/h11H,3-10H2,1-2H3/t11-/m0/s1. The lowest BCUT2D eigenvalue weighted by molar-refractivity contribution is -0.196. The first-order valence-corrected chi connectivity index (χ1v) is 6.81. The molecule has 1 atom stereocenters. The molecule has 2 nitrogen and oxygen atoms in total. The second-order valence-corrected chi connectivity index (χ2v) is 6.14. The molecule has 0 bridgehead atoms. The predicted octanol–water partition coefficient (Wildman–Crippen LogP) is 3.30. The molecule has 0 N–H and O–H groups in total. The van der Waals surface area contributed by atoms with E-state index in [-0.39, 0.29) is 5.41 Å². The molecule has 1 heterocycles. The molecular weight excluding hydrogens is 241 g/mol. The molecule has 2 rings (SSSR count). The van der Waals surface area contributed by atoms with Gasteiger partial charge >= 0.3 is 6.18 Å². The van der Waals surface area contributed by atoms with E-state index in [1.807, 2.05) is 14.1 Å². The molecule has 1 saturated carbocycles. The van der Waals surface area contributed by atoms with Crippen LogP contribution in [0.3, 0.4) is 0 Å². The number of nitrogens with zero attached hydrogens (tertiary/aromatic N) is 2. The van der Waals surface area contributed by atoms with Crippen LogP contribution in [0.1, 0.15) is 38.5 Å². The van der Waals surface area contributed by atoms with Gasteiger partial charge in [0.25, 0.3) is 0 Å². The maximum atomic E-state index is 12.9. The Labute approximate surface area is 107 Å². The third-order valence-electron chi connectivity index (χ3n) is 4.77. The van der Waals surface area contributed by atoms with Crippen molar-refractivity contribution >= 4 is 0 Å². The van der Waals surface area contributed by atoms with Gasteiger partial charge in [-0.1, -0.05) is 6.42 Å². The lowest BCUT2D eigenvalue weighted by atomic mass is 9.64. The summed E-state index contributed by atoms with van der Waals surface area (Å²) in [6, 6.07) is 0. The fourth-order valence-corrected chi connectivity index (χ4v) is 3.55. The van der Waals surface area contributed by atoms with Crippen LogP contribution in [0, 0.1) is 11.3 Å². The van der Waals surface area contributed by atoms with Crippen LogP contribution in [0.15, 0.2) is 0 Å². The van der Waals surface area contributed by atoms with E-state index in [2.05, 4.69) is 10.0 Å². The van der Waals surface area contributed by atoms with Crippen molar-refractivity contribution in [1.29, 1.82) is 0 Å². The molecule has 5 heteroatoms. The van der Waals surface area contributed by atoms with E-state index in [1.165, 1.54) is 0 Å². The van der Waals surface area contributed by atoms with Gasteiger partial charge in [0.15, 0.2) is 0 Å². The maximum absolute atomic E-state index is 12.9. The lowest BCUT2D eigenvalue weighted by Crippen LogP contribution is -2.48. The molecule has 2 aliphatic rings. The number of alkyl halides is 3. The molecule has 18 heavy (non-hydrogen) atoms. The summed E-state index contributed by atoms with van der Waals surface area (Å²) < 4.78 is 38.6. The zero-order valence-corrected chi connectivity index (χ0v) is 11.3. The molecule has 0 amide bonds. The number of hydrogen-bond acceptors (Lipinski definition) is 2. The van der Waals surface area contributed by atoms with Crippen molar-refractivity contribution in [1.82, 2.24) is 10.0 Å². The summed E-state index contributed by atoms with van der Waals surface area (Å²) >= 11 is 0. The van der Waals surface area contributed by atoms with Crippen LogP contribution in [0.2, 0.25) is 0 Å². The Morgan fingerprint density at radius 2 is 1.72 bits per heavy atom. The second-order valence-electron chi connectivity index (χ2n) is 6.14. The number of hydrazine groups is 1. The fraction of sp³-hybridized carbons (Fsp3) is 1.00. The van der Waals surface area contributed by atoms with E-state index in [4.69, 9.17) is 0 Å². The van der Waals surface area contributed by atoms with Gasteiger partial charge in [-0.05, 0) is 37.5 Å². The highest BCUT2D eigenvalue weighted by Crippen LogP contribution is 2.50. The Morgan fingerprint density at radius 1 is 1.11 bits per heavy atom. The molecule has 1 aliphatic heterocycles. The largest absolute Gasteiger partial charge is 0.391 e. The van der Waals surface area contributed by atoms with Gasteiger partial charge in [0, 0.05) is 27.2 Å². The topological polar surface area (TPSA) is 6.48 Å². The molecular formula is C13H23F3N2. The smallest absolute Gasteiger partial charge is 0.248 e. The minimum absolute atomic E-state index is 0.0368. The van der Waals surface area contributed by atoms with Gasteiger partial charge in [-0.15, -0.1) is 0 Å². The van der Waals surface area contributed by atoms with Gasteiger partial charge in [-0.2, -0.15) is 13.2 Å². The SMILES string of the molecule is CN(C)N1CCC2(CCC[C@H](C(F)(F)F)C2)CC1. The molecule has 1 aliphatic carbocycles. The number of rotatable bonds is 1. The van der Waals surface area contributed by atoms with Crippen molar-refractivity contribution in [3.8, 4) is 0 Å². The average Bonchev–Trinajstić information content (AvgIpc) is 2.28. The van der Waals surface area contributed by atoms with Crippen molar-refractivity contribution in [3.63, 3.8) is 0 Å². The third-order valence-corrected chi connectivity index (χ3v) is 4.77. The van der Waals surface area contributed by atoms with Gasteiger partial charge < -0.3 is 0 Å². The number of halogens is 3. The van der Waals surface area contributed by atoms with E-state index < -0.39 is 12.1 Å². The normalized spacial score (nSPS) is 30.0. The minimum atomic E-state index is -3.99. The summed E-state index contributed by atoms with van der Waals surface area (Å²) in [5, 5.41) is 4.28. The third kappa shape index (κ3) is 2.99. The van der Waals surface area contributed by atoms with Gasteiger partial charge in [-0.25, -0.2) is 10.0 Å².